The molecule has 79 valence electrons. The second-order valence-corrected chi connectivity index (χ2v) is 3.75. The first-order valence-electron chi connectivity index (χ1n) is 4.28. The van der Waals surface area contributed by atoms with Gasteiger partial charge < -0.3 is 15.0 Å². The Morgan fingerprint density at radius 1 is 1.53 bits per heavy atom. The molecule has 1 aromatic rings. The summed E-state index contributed by atoms with van der Waals surface area (Å²) in [6, 6.07) is 7.44. The molecule has 0 aliphatic rings. The Morgan fingerprint density at radius 3 is 2.73 bits per heavy atom. The van der Waals surface area contributed by atoms with Crippen LogP contribution in [0.4, 0.5) is 5.69 Å². The number of anilines is 1. The normalized spacial score (nSPS) is 9.67. The van der Waals surface area contributed by atoms with Gasteiger partial charge in [-0.3, -0.25) is 4.79 Å². The molecule has 0 aromatic heterocycles. The lowest BCUT2D eigenvalue weighted by molar-refractivity contribution is -0.133. The van der Waals surface area contributed by atoms with Gasteiger partial charge in [-0.2, -0.15) is 0 Å². The van der Waals surface area contributed by atoms with Crippen molar-refractivity contribution in [3.8, 4) is 0 Å². The molecule has 0 aliphatic carbocycles. The average molecular weight is 224 g/mol. The third-order valence-corrected chi connectivity index (χ3v) is 2.56. The largest absolute Gasteiger partial charge is 0.481 e. The van der Waals surface area contributed by atoms with E-state index in [0.717, 1.165) is 10.6 Å². The van der Waals surface area contributed by atoms with Gasteiger partial charge in [0.15, 0.2) is 0 Å². The molecular weight excluding hydrogens is 213 g/mol. The maximum absolute atomic E-state index is 10.3. The predicted octanol–water partition coefficient (Wildman–Crippen LogP) is 1.46. The molecule has 6 heteroatoms. The van der Waals surface area contributed by atoms with Crippen LogP contribution in [0.25, 0.3) is 0 Å². The molecule has 0 fully saturated rings. The van der Waals surface area contributed by atoms with Crippen molar-refractivity contribution in [1.29, 1.82) is 0 Å². The first-order valence-corrected chi connectivity index (χ1v) is 5.26. The number of rotatable bonds is 6. The second kappa shape index (κ2) is 6.37. The van der Waals surface area contributed by atoms with Crippen molar-refractivity contribution in [2.75, 3.05) is 18.1 Å². The lowest BCUT2D eigenvalue weighted by atomic mass is 10.2. The number of hydrogen-bond donors (Lipinski definition) is 2. The fourth-order valence-electron chi connectivity index (χ4n) is 0.919. The van der Waals surface area contributed by atoms with E-state index in [9.17, 15) is 4.79 Å². The molecule has 1 aromatic carbocycles. The van der Waals surface area contributed by atoms with Crippen LogP contribution in [0.2, 0.25) is 0 Å². The average Bonchev–Trinajstić information content (AvgIpc) is 2.25. The van der Waals surface area contributed by atoms with Gasteiger partial charge in [-0.15, -0.1) is 11.8 Å². The minimum atomic E-state index is -0.810. The highest BCUT2D eigenvalue weighted by Gasteiger charge is 1.99. The SMILES string of the molecule is CO[B]Nc1ccc(SCC(=O)O)cc1. The molecule has 0 saturated carbocycles. The van der Waals surface area contributed by atoms with E-state index in [1.165, 1.54) is 19.4 Å². The summed E-state index contributed by atoms with van der Waals surface area (Å²) in [5, 5.41) is 11.4. The molecule has 2 N–H and O–H groups in total. The minimum absolute atomic E-state index is 0.0803. The number of hydrogen-bond acceptors (Lipinski definition) is 4. The molecule has 0 unspecified atom stereocenters. The molecule has 0 spiro atoms. The van der Waals surface area contributed by atoms with Crippen molar-refractivity contribution in [2.24, 2.45) is 0 Å². The Hall–Kier alpha value is -1.14. The van der Waals surface area contributed by atoms with E-state index in [4.69, 9.17) is 9.76 Å². The van der Waals surface area contributed by atoms with Crippen LogP contribution in [0.15, 0.2) is 29.2 Å². The van der Waals surface area contributed by atoms with Gasteiger partial charge in [0.1, 0.15) is 0 Å². The van der Waals surface area contributed by atoms with Gasteiger partial charge in [-0.1, -0.05) is 0 Å². The van der Waals surface area contributed by atoms with Crippen LogP contribution < -0.4 is 5.23 Å². The number of carbonyl (C=O) groups is 1. The molecular formula is C9H11BNO3S. The maximum atomic E-state index is 10.3. The summed E-state index contributed by atoms with van der Waals surface area (Å²) >= 11 is 1.29. The number of aliphatic carboxylic acids is 1. The van der Waals surface area contributed by atoms with Crippen molar-refractivity contribution in [2.45, 2.75) is 4.90 Å². The zero-order valence-corrected chi connectivity index (χ0v) is 9.08. The topological polar surface area (TPSA) is 58.6 Å². The first-order chi connectivity index (χ1) is 7.22. The molecule has 0 atom stereocenters. The molecule has 1 radical (unpaired) electrons. The Bertz CT molecular complexity index is 318. The van der Waals surface area contributed by atoms with Crippen molar-refractivity contribution in [3.05, 3.63) is 24.3 Å². The molecule has 0 aliphatic heterocycles. The first kappa shape index (κ1) is 11.9. The van der Waals surface area contributed by atoms with Crippen LogP contribution in [0.1, 0.15) is 0 Å². The number of thioether (sulfide) groups is 1. The zero-order valence-electron chi connectivity index (χ0n) is 8.27. The summed E-state index contributed by atoms with van der Waals surface area (Å²) in [5.41, 5.74) is 0.900. The van der Waals surface area contributed by atoms with Crippen molar-refractivity contribution < 1.29 is 14.6 Å². The van der Waals surface area contributed by atoms with Crippen molar-refractivity contribution in [3.63, 3.8) is 0 Å². The van der Waals surface area contributed by atoms with Crippen LogP contribution in [0.5, 0.6) is 0 Å². The molecule has 0 amide bonds. The highest BCUT2D eigenvalue weighted by molar-refractivity contribution is 8.00. The van der Waals surface area contributed by atoms with E-state index in [0.29, 0.717) is 0 Å². The molecule has 0 heterocycles. The lowest BCUT2D eigenvalue weighted by Gasteiger charge is -2.04. The van der Waals surface area contributed by atoms with E-state index in [1.807, 2.05) is 24.3 Å². The Kier molecular flexibility index (Phi) is 5.07. The zero-order chi connectivity index (χ0) is 11.1. The molecule has 0 bridgehead atoms. The van der Waals surface area contributed by atoms with Crippen LogP contribution in [-0.4, -0.2) is 31.6 Å². The van der Waals surface area contributed by atoms with Crippen LogP contribution in [-0.2, 0) is 9.45 Å². The van der Waals surface area contributed by atoms with E-state index < -0.39 is 5.97 Å². The monoisotopic (exact) mass is 224 g/mol. The summed E-state index contributed by atoms with van der Waals surface area (Å²) < 4.78 is 4.74. The smallest absolute Gasteiger partial charge is 0.435 e. The van der Waals surface area contributed by atoms with E-state index >= 15 is 0 Å². The standard InChI is InChI=1S/C9H11BNO3S/c1-14-10-11-7-2-4-8(5-3-7)15-6-9(12)13/h2-5,11H,6H2,1H3,(H,12,13). The van der Waals surface area contributed by atoms with Crippen LogP contribution in [0.3, 0.4) is 0 Å². The highest BCUT2D eigenvalue weighted by atomic mass is 32.2. The molecule has 1 rings (SSSR count). The summed E-state index contributed by atoms with van der Waals surface area (Å²) in [5.74, 6) is -0.730. The van der Waals surface area contributed by atoms with Gasteiger partial charge in [-0.05, 0) is 24.3 Å². The molecule has 15 heavy (non-hydrogen) atoms. The Labute approximate surface area is 93.3 Å². The van der Waals surface area contributed by atoms with Gasteiger partial charge in [0.05, 0.1) is 5.75 Å². The van der Waals surface area contributed by atoms with Gasteiger partial charge in [-0.25, -0.2) is 0 Å². The quantitative estimate of drug-likeness (QED) is 0.565. The van der Waals surface area contributed by atoms with E-state index in [1.54, 1.807) is 7.11 Å². The number of carboxylic acid groups (broad SMARTS) is 1. The number of nitrogens with one attached hydrogen (secondary N) is 1. The van der Waals surface area contributed by atoms with E-state index in [-0.39, 0.29) is 5.75 Å². The van der Waals surface area contributed by atoms with Crippen LogP contribution >= 0.6 is 11.8 Å². The van der Waals surface area contributed by atoms with Crippen LogP contribution in [0, 0.1) is 0 Å². The highest BCUT2D eigenvalue weighted by Crippen LogP contribution is 2.19. The maximum Gasteiger partial charge on any atom is 0.435 e. The summed E-state index contributed by atoms with van der Waals surface area (Å²) in [6.07, 6.45) is 0. The fraction of sp³-hybridized carbons (Fsp3) is 0.222. The van der Waals surface area contributed by atoms with Gasteiger partial charge in [0.2, 0.25) is 0 Å². The Morgan fingerprint density at radius 2 is 2.20 bits per heavy atom. The van der Waals surface area contributed by atoms with Crippen molar-refractivity contribution >= 4 is 31.0 Å². The number of benzene rings is 1. The second-order valence-electron chi connectivity index (χ2n) is 2.70. The summed E-state index contributed by atoms with van der Waals surface area (Å²) in [7, 11) is 3.03. The third-order valence-electron chi connectivity index (χ3n) is 1.56. The molecule has 0 saturated heterocycles. The number of carboxylic acids is 1. The van der Waals surface area contributed by atoms with Crippen molar-refractivity contribution in [1.82, 2.24) is 0 Å². The predicted molar refractivity (Wildman–Crippen MR) is 61.2 cm³/mol. The van der Waals surface area contributed by atoms with Gasteiger partial charge in [0.25, 0.3) is 0 Å². The summed E-state index contributed by atoms with van der Waals surface area (Å²) in [4.78, 5) is 11.3. The Balaban J connectivity index is 2.45. The lowest BCUT2D eigenvalue weighted by Crippen LogP contribution is -2.07. The fourth-order valence-corrected chi connectivity index (χ4v) is 1.54. The summed E-state index contributed by atoms with van der Waals surface area (Å²) in [6.45, 7) is 0. The van der Waals surface area contributed by atoms with Gasteiger partial charge >= 0.3 is 13.6 Å². The molecule has 4 nitrogen and oxygen atoms in total. The van der Waals surface area contributed by atoms with Gasteiger partial charge in [0, 0.05) is 17.7 Å². The minimum Gasteiger partial charge on any atom is -0.481 e. The third kappa shape index (κ3) is 4.76. The van der Waals surface area contributed by atoms with E-state index in [2.05, 4.69) is 5.23 Å².